The predicted molar refractivity (Wildman–Crippen MR) is 107 cm³/mol. The zero-order valence-electron chi connectivity index (χ0n) is 14.3. The van der Waals surface area contributed by atoms with Crippen LogP contribution < -0.4 is 0 Å². The van der Waals surface area contributed by atoms with E-state index in [1.54, 1.807) is 17.5 Å². The van der Waals surface area contributed by atoms with Gasteiger partial charge in [-0.1, -0.05) is 29.8 Å². The number of nitrogens with zero attached hydrogens (tertiary/aromatic N) is 1. The van der Waals surface area contributed by atoms with Gasteiger partial charge in [0, 0.05) is 15.5 Å². The van der Waals surface area contributed by atoms with Gasteiger partial charge in [-0.15, -0.1) is 22.7 Å². The Balaban J connectivity index is 1.87. The lowest BCUT2D eigenvalue weighted by Gasteiger charge is -2.27. The number of ketones is 1. The maximum Gasteiger partial charge on any atom is 0.290 e. The van der Waals surface area contributed by atoms with Gasteiger partial charge >= 0.3 is 0 Å². The van der Waals surface area contributed by atoms with E-state index in [1.165, 1.54) is 45.8 Å². The van der Waals surface area contributed by atoms with Gasteiger partial charge in [0.15, 0.2) is 5.76 Å². The van der Waals surface area contributed by atoms with Crippen molar-refractivity contribution in [2.24, 2.45) is 0 Å². The summed E-state index contributed by atoms with van der Waals surface area (Å²) in [5, 5.41) is 14.2. The summed E-state index contributed by atoms with van der Waals surface area (Å²) in [6.45, 7) is 0.122. The molecule has 3 heterocycles. The fourth-order valence-electron chi connectivity index (χ4n) is 3.23. The number of carbonyl (C=O) groups is 2. The van der Waals surface area contributed by atoms with Crippen LogP contribution in [0.3, 0.4) is 0 Å². The Morgan fingerprint density at radius 3 is 2.54 bits per heavy atom. The normalized spacial score (nSPS) is 16.9. The summed E-state index contributed by atoms with van der Waals surface area (Å²) in [7, 11) is 0. The highest BCUT2D eigenvalue weighted by molar-refractivity contribution is 7.12. The van der Waals surface area contributed by atoms with Gasteiger partial charge in [-0.3, -0.25) is 9.59 Å². The van der Waals surface area contributed by atoms with Crippen LogP contribution in [0, 0.1) is 5.82 Å². The lowest BCUT2D eigenvalue weighted by molar-refractivity contribution is -0.130. The second-order valence-corrected chi connectivity index (χ2v) is 8.51. The minimum atomic E-state index is -1.11. The summed E-state index contributed by atoms with van der Waals surface area (Å²) < 4.78 is 14.8. The number of carbonyl (C=O) groups excluding carboxylic acids is 2. The molecule has 8 heteroatoms. The average Bonchev–Trinajstić information content (AvgIpc) is 3.41. The molecule has 0 bridgehead atoms. The molecular weight excluding hydrogens is 421 g/mol. The Hall–Kier alpha value is -2.48. The highest BCUT2D eigenvalue weighted by atomic mass is 35.5. The lowest BCUT2D eigenvalue weighted by atomic mass is 9.95. The summed E-state index contributed by atoms with van der Waals surface area (Å²) in [5.74, 6) is -2.55. The molecule has 2 aromatic heterocycles. The second kappa shape index (κ2) is 7.50. The number of hydrogen-bond acceptors (Lipinski definition) is 5. The van der Waals surface area contributed by atoms with Crippen LogP contribution in [0.4, 0.5) is 4.39 Å². The van der Waals surface area contributed by atoms with Gasteiger partial charge in [0.25, 0.3) is 5.91 Å². The average molecular weight is 434 g/mol. The number of benzene rings is 1. The van der Waals surface area contributed by atoms with Gasteiger partial charge in [-0.25, -0.2) is 4.39 Å². The number of hydrogen-bond donors (Lipinski definition) is 1. The van der Waals surface area contributed by atoms with E-state index in [0.717, 1.165) is 4.88 Å². The summed E-state index contributed by atoms with van der Waals surface area (Å²) in [5.41, 5.74) is -0.158. The van der Waals surface area contributed by atoms with E-state index in [2.05, 4.69) is 0 Å². The fraction of sp³-hybridized carbons (Fsp3) is 0.100. The van der Waals surface area contributed by atoms with E-state index in [0.29, 0.717) is 4.88 Å². The number of rotatable bonds is 5. The molecule has 0 saturated heterocycles. The molecule has 1 unspecified atom stereocenters. The first-order valence-corrected chi connectivity index (χ1v) is 10.4. The number of amides is 1. The molecule has 28 heavy (non-hydrogen) atoms. The standard InChI is InChI=1S/C20H13ClFNO3S2/c21-12-5-1-6-13(22)15(12)17-16(18(24)14-7-3-9-28-14)19(25)20(26)23(17)10-11-4-2-8-27-11/h1-9,17,25H,10H2. The van der Waals surface area contributed by atoms with Crippen molar-refractivity contribution in [1.29, 1.82) is 0 Å². The highest BCUT2D eigenvalue weighted by Crippen LogP contribution is 2.43. The van der Waals surface area contributed by atoms with Crippen molar-refractivity contribution in [3.63, 3.8) is 0 Å². The third-order valence-corrected chi connectivity index (χ3v) is 6.53. The van der Waals surface area contributed by atoms with Gasteiger partial charge in [0.05, 0.1) is 23.0 Å². The first-order chi connectivity index (χ1) is 13.5. The number of aliphatic hydroxyl groups excluding tert-OH is 1. The molecule has 1 atom stereocenters. The van der Waals surface area contributed by atoms with Crippen LogP contribution >= 0.6 is 34.3 Å². The molecule has 1 aliphatic rings. The Morgan fingerprint density at radius 2 is 1.89 bits per heavy atom. The third kappa shape index (κ3) is 3.15. The molecule has 1 N–H and O–H groups in total. The van der Waals surface area contributed by atoms with E-state index in [-0.39, 0.29) is 22.7 Å². The van der Waals surface area contributed by atoms with Crippen molar-refractivity contribution in [2.75, 3.05) is 0 Å². The largest absolute Gasteiger partial charge is 0.503 e. The third-order valence-electron chi connectivity index (χ3n) is 4.47. The summed E-state index contributed by atoms with van der Waals surface area (Å²) in [6, 6.07) is 10.0. The van der Waals surface area contributed by atoms with Gasteiger partial charge in [0.2, 0.25) is 5.78 Å². The van der Waals surface area contributed by atoms with Crippen molar-refractivity contribution in [3.05, 3.63) is 90.7 Å². The Morgan fingerprint density at radius 1 is 1.14 bits per heavy atom. The Labute approximate surface area is 173 Å². The molecule has 142 valence electrons. The maximum atomic E-state index is 14.8. The van der Waals surface area contributed by atoms with Crippen molar-refractivity contribution in [1.82, 2.24) is 4.90 Å². The maximum absolute atomic E-state index is 14.8. The quantitative estimate of drug-likeness (QED) is 0.549. The number of halogens is 2. The van der Waals surface area contributed by atoms with E-state index < -0.39 is 29.3 Å². The van der Waals surface area contributed by atoms with Gasteiger partial charge in [-0.05, 0) is 35.0 Å². The zero-order chi connectivity index (χ0) is 19.8. The number of Topliss-reactive ketones (excluding diaryl/α,β-unsaturated/α-hetero) is 1. The number of thiophene rings is 2. The molecular formula is C20H13ClFNO3S2. The summed E-state index contributed by atoms with van der Waals surface area (Å²) in [6.07, 6.45) is 0. The van der Waals surface area contributed by atoms with E-state index in [9.17, 15) is 19.1 Å². The van der Waals surface area contributed by atoms with Gasteiger partial charge in [0.1, 0.15) is 5.82 Å². The molecule has 0 radical (unpaired) electrons. The molecule has 1 amide bonds. The van der Waals surface area contributed by atoms with Crippen molar-refractivity contribution in [3.8, 4) is 0 Å². The smallest absolute Gasteiger partial charge is 0.290 e. The first-order valence-electron chi connectivity index (χ1n) is 8.27. The fourth-order valence-corrected chi connectivity index (χ4v) is 4.88. The minimum absolute atomic E-state index is 0.00183. The topological polar surface area (TPSA) is 57.6 Å². The SMILES string of the molecule is O=C(C1=C(O)C(=O)N(Cc2cccs2)C1c1c(F)cccc1Cl)c1cccs1. The molecule has 0 aliphatic carbocycles. The second-order valence-electron chi connectivity index (χ2n) is 6.12. The molecule has 0 saturated carbocycles. The van der Waals surface area contributed by atoms with Crippen LogP contribution in [0.1, 0.15) is 26.2 Å². The van der Waals surface area contributed by atoms with E-state index in [1.807, 2.05) is 17.5 Å². The Kier molecular flexibility index (Phi) is 5.05. The van der Waals surface area contributed by atoms with Crippen LogP contribution in [-0.2, 0) is 11.3 Å². The van der Waals surface area contributed by atoms with Crippen molar-refractivity contribution >= 4 is 46.0 Å². The van der Waals surface area contributed by atoms with E-state index in [4.69, 9.17) is 11.6 Å². The lowest BCUT2D eigenvalue weighted by Crippen LogP contribution is -2.31. The molecule has 0 fully saturated rings. The molecule has 1 aliphatic heterocycles. The van der Waals surface area contributed by atoms with Crippen molar-refractivity contribution < 1.29 is 19.1 Å². The first kappa shape index (κ1) is 18.9. The summed E-state index contributed by atoms with van der Waals surface area (Å²) >= 11 is 8.87. The molecule has 4 rings (SSSR count). The van der Waals surface area contributed by atoms with Crippen molar-refractivity contribution in [2.45, 2.75) is 12.6 Å². The van der Waals surface area contributed by atoms with Crippen LogP contribution in [0.2, 0.25) is 5.02 Å². The van der Waals surface area contributed by atoms with Crippen LogP contribution in [0.15, 0.2) is 64.6 Å². The summed E-state index contributed by atoms with van der Waals surface area (Å²) in [4.78, 5) is 28.4. The molecule has 3 aromatic rings. The molecule has 1 aromatic carbocycles. The predicted octanol–water partition coefficient (Wildman–Crippen LogP) is 5.38. The number of aliphatic hydroxyl groups is 1. The van der Waals surface area contributed by atoms with Crippen LogP contribution in [0.5, 0.6) is 0 Å². The van der Waals surface area contributed by atoms with Crippen LogP contribution in [0.25, 0.3) is 0 Å². The minimum Gasteiger partial charge on any atom is -0.503 e. The van der Waals surface area contributed by atoms with Crippen LogP contribution in [-0.4, -0.2) is 21.7 Å². The Bertz CT molecular complexity index is 1060. The molecule has 4 nitrogen and oxygen atoms in total. The molecule has 0 spiro atoms. The van der Waals surface area contributed by atoms with Gasteiger partial charge in [-0.2, -0.15) is 0 Å². The van der Waals surface area contributed by atoms with Gasteiger partial charge < -0.3 is 10.0 Å². The monoisotopic (exact) mass is 433 g/mol. The highest BCUT2D eigenvalue weighted by Gasteiger charge is 2.45. The zero-order valence-corrected chi connectivity index (χ0v) is 16.7. The van der Waals surface area contributed by atoms with E-state index >= 15 is 0 Å².